The minimum atomic E-state index is -0.0621. The summed E-state index contributed by atoms with van der Waals surface area (Å²) in [6, 6.07) is 5.19. The fraction of sp³-hybridized carbons (Fsp3) is 0.500. The van der Waals surface area contributed by atoms with E-state index in [4.69, 9.17) is 23.2 Å². The molecule has 2 heterocycles. The lowest BCUT2D eigenvalue weighted by Gasteiger charge is -2.17. The van der Waals surface area contributed by atoms with Gasteiger partial charge in [0.15, 0.2) is 0 Å². The lowest BCUT2D eigenvalue weighted by molar-refractivity contribution is -0.117. The number of hydrogen-bond donors (Lipinski definition) is 2. The molecule has 0 saturated carbocycles. The number of nitrogens with zero attached hydrogens (tertiary/aromatic N) is 1. The summed E-state index contributed by atoms with van der Waals surface area (Å²) in [5.41, 5.74) is 0.502. The molecule has 0 unspecified atom stereocenters. The Morgan fingerprint density at radius 1 is 1.24 bits per heavy atom. The Hall–Kier alpha value is -0.520. The van der Waals surface area contributed by atoms with Gasteiger partial charge < -0.3 is 10.6 Å². The summed E-state index contributed by atoms with van der Waals surface area (Å²) < 4.78 is 0. The average molecular weight is 351 g/mol. The SMILES string of the molecule is Cl.O=C(CN1C[C@H]2CNC[C@H]2C1)Nc1c(Cl)cccc1Cl. The molecule has 7 heteroatoms. The fourth-order valence-electron chi connectivity index (χ4n) is 3.08. The summed E-state index contributed by atoms with van der Waals surface area (Å²) >= 11 is 12.1. The zero-order valence-corrected chi connectivity index (χ0v) is 13.8. The number of carbonyl (C=O) groups excluding carboxylic acids is 1. The van der Waals surface area contributed by atoms with Crippen LogP contribution in [0.4, 0.5) is 5.69 Å². The highest BCUT2D eigenvalue weighted by Gasteiger charge is 2.36. The first-order valence-corrected chi connectivity index (χ1v) is 7.56. The van der Waals surface area contributed by atoms with Gasteiger partial charge in [-0.05, 0) is 37.1 Å². The van der Waals surface area contributed by atoms with Crippen molar-refractivity contribution >= 4 is 47.2 Å². The number of anilines is 1. The van der Waals surface area contributed by atoms with E-state index in [9.17, 15) is 4.79 Å². The molecule has 2 fully saturated rings. The number of amides is 1. The number of benzene rings is 1. The molecule has 4 nitrogen and oxygen atoms in total. The van der Waals surface area contributed by atoms with Crippen LogP contribution in [0.1, 0.15) is 0 Å². The maximum Gasteiger partial charge on any atom is 0.238 e. The summed E-state index contributed by atoms with van der Waals surface area (Å²) in [4.78, 5) is 14.3. The van der Waals surface area contributed by atoms with Crippen molar-refractivity contribution < 1.29 is 4.79 Å². The van der Waals surface area contributed by atoms with Crippen molar-refractivity contribution in [2.45, 2.75) is 0 Å². The van der Waals surface area contributed by atoms with Crippen molar-refractivity contribution in [1.82, 2.24) is 10.2 Å². The first-order chi connectivity index (χ1) is 9.63. The second-order valence-electron chi connectivity index (χ2n) is 5.52. The van der Waals surface area contributed by atoms with Crippen LogP contribution in [-0.2, 0) is 4.79 Å². The van der Waals surface area contributed by atoms with E-state index in [-0.39, 0.29) is 18.3 Å². The van der Waals surface area contributed by atoms with E-state index in [1.54, 1.807) is 18.2 Å². The van der Waals surface area contributed by atoms with Crippen LogP contribution in [-0.4, -0.2) is 43.5 Å². The summed E-state index contributed by atoms with van der Waals surface area (Å²) in [5, 5.41) is 7.13. The predicted molar refractivity (Wildman–Crippen MR) is 88.6 cm³/mol. The highest BCUT2D eigenvalue weighted by Crippen LogP contribution is 2.30. The van der Waals surface area contributed by atoms with Crippen LogP contribution in [0.3, 0.4) is 0 Å². The minimum Gasteiger partial charge on any atom is -0.322 e. The van der Waals surface area contributed by atoms with Gasteiger partial charge in [-0.25, -0.2) is 0 Å². The number of para-hydroxylation sites is 1. The number of halogens is 3. The lowest BCUT2D eigenvalue weighted by atomic mass is 10.0. The molecule has 0 bridgehead atoms. The van der Waals surface area contributed by atoms with Gasteiger partial charge in [-0.2, -0.15) is 0 Å². The van der Waals surface area contributed by atoms with Gasteiger partial charge >= 0.3 is 0 Å². The molecular weight excluding hydrogens is 333 g/mol. The van der Waals surface area contributed by atoms with Crippen molar-refractivity contribution in [1.29, 1.82) is 0 Å². The van der Waals surface area contributed by atoms with E-state index in [0.29, 0.717) is 34.1 Å². The topological polar surface area (TPSA) is 44.4 Å². The van der Waals surface area contributed by atoms with Crippen molar-refractivity contribution in [3.05, 3.63) is 28.2 Å². The molecule has 2 aliphatic heterocycles. The molecule has 2 atom stereocenters. The lowest BCUT2D eigenvalue weighted by Crippen LogP contribution is -2.33. The fourth-order valence-corrected chi connectivity index (χ4v) is 3.57. The molecule has 2 N–H and O–H groups in total. The van der Waals surface area contributed by atoms with E-state index < -0.39 is 0 Å². The van der Waals surface area contributed by atoms with Crippen LogP contribution in [0, 0.1) is 11.8 Å². The monoisotopic (exact) mass is 349 g/mol. The molecule has 21 heavy (non-hydrogen) atoms. The van der Waals surface area contributed by atoms with Crippen LogP contribution < -0.4 is 10.6 Å². The van der Waals surface area contributed by atoms with Crippen molar-refractivity contribution in [3.63, 3.8) is 0 Å². The largest absolute Gasteiger partial charge is 0.322 e. The van der Waals surface area contributed by atoms with Gasteiger partial charge in [0.25, 0.3) is 0 Å². The normalized spacial score (nSPS) is 24.5. The molecule has 1 aromatic rings. The van der Waals surface area contributed by atoms with E-state index in [2.05, 4.69) is 15.5 Å². The number of nitrogens with one attached hydrogen (secondary N) is 2. The van der Waals surface area contributed by atoms with Crippen molar-refractivity contribution in [2.24, 2.45) is 11.8 Å². The molecule has 3 rings (SSSR count). The standard InChI is InChI=1S/C14H17Cl2N3O.ClH/c15-11-2-1-3-12(16)14(11)18-13(20)8-19-6-9-4-17-5-10(9)7-19;/h1-3,9-10,17H,4-8H2,(H,18,20);1H/t9-,10+;. The molecule has 2 saturated heterocycles. The number of rotatable bonds is 3. The number of fused-ring (bicyclic) bond motifs is 1. The predicted octanol–water partition coefficient (Wildman–Crippen LogP) is 2.50. The second-order valence-corrected chi connectivity index (χ2v) is 6.33. The summed E-state index contributed by atoms with van der Waals surface area (Å²) in [7, 11) is 0. The maximum atomic E-state index is 12.1. The molecule has 0 radical (unpaired) electrons. The third-order valence-corrected chi connectivity index (χ3v) is 4.69. The van der Waals surface area contributed by atoms with Gasteiger partial charge in [0.1, 0.15) is 0 Å². The Bertz CT molecular complexity index is 494. The minimum absolute atomic E-state index is 0. The van der Waals surface area contributed by atoms with Crippen LogP contribution in [0.15, 0.2) is 18.2 Å². The Morgan fingerprint density at radius 2 is 1.81 bits per heavy atom. The van der Waals surface area contributed by atoms with E-state index in [1.165, 1.54) is 0 Å². The maximum absolute atomic E-state index is 12.1. The van der Waals surface area contributed by atoms with Gasteiger partial charge in [0, 0.05) is 13.1 Å². The highest BCUT2D eigenvalue weighted by atomic mass is 35.5. The second kappa shape index (κ2) is 7.16. The van der Waals surface area contributed by atoms with Crippen LogP contribution >= 0.6 is 35.6 Å². The van der Waals surface area contributed by atoms with Gasteiger partial charge in [-0.1, -0.05) is 29.3 Å². The zero-order chi connectivity index (χ0) is 14.1. The Morgan fingerprint density at radius 3 is 2.38 bits per heavy atom. The van der Waals surface area contributed by atoms with E-state index in [1.807, 2.05) is 0 Å². The van der Waals surface area contributed by atoms with Gasteiger partial charge in [0.2, 0.25) is 5.91 Å². The third kappa shape index (κ3) is 3.82. The molecule has 0 spiro atoms. The van der Waals surface area contributed by atoms with Crippen LogP contribution in [0.25, 0.3) is 0 Å². The molecule has 0 aromatic heterocycles. The highest BCUT2D eigenvalue weighted by molar-refractivity contribution is 6.39. The van der Waals surface area contributed by atoms with Gasteiger partial charge in [-0.15, -0.1) is 12.4 Å². The summed E-state index contributed by atoms with van der Waals surface area (Å²) in [5.74, 6) is 1.31. The third-order valence-electron chi connectivity index (χ3n) is 4.06. The number of hydrogen-bond acceptors (Lipinski definition) is 3. The van der Waals surface area contributed by atoms with Crippen LogP contribution in [0.2, 0.25) is 10.0 Å². The van der Waals surface area contributed by atoms with Crippen LogP contribution in [0.5, 0.6) is 0 Å². The van der Waals surface area contributed by atoms with Gasteiger partial charge in [0.05, 0.1) is 22.3 Å². The Kier molecular flexibility index (Phi) is 5.74. The Balaban J connectivity index is 0.00000161. The Labute approximate surface area is 140 Å². The van der Waals surface area contributed by atoms with E-state index in [0.717, 1.165) is 26.2 Å². The van der Waals surface area contributed by atoms with Crippen molar-refractivity contribution in [3.8, 4) is 0 Å². The first kappa shape index (κ1) is 16.8. The molecular formula is C14H18Cl3N3O. The van der Waals surface area contributed by atoms with Gasteiger partial charge in [-0.3, -0.25) is 9.69 Å². The summed E-state index contributed by atoms with van der Waals surface area (Å²) in [6.45, 7) is 4.51. The summed E-state index contributed by atoms with van der Waals surface area (Å²) in [6.07, 6.45) is 0. The van der Waals surface area contributed by atoms with E-state index >= 15 is 0 Å². The number of carbonyl (C=O) groups is 1. The quantitative estimate of drug-likeness (QED) is 0.880. The molecule has 2 aliphatic rings. The zero-order valence-electron chi connectivity index (χ0n) is 11.4. The first-order valence-electron chi connectivity index (χ1n) is 6.80. The smallest absolute Gasteiger partial charge is 0.238 e. The molecule has 0 aliphatic carbocycles. The van der Waals surface area contributed by atoms with Crippen molar-refractivity contribution in [2.75, 3.05) is 38.0 Å². The molecule has 1 aromatic carbocycles. The molecule has 116 valence electrons. The molecule has 1 amide bonds. The average Bonchev–Trinajstić information content (AvgIpc) is 2.94. The number of likely N-dealkylation sites (tertiary alicyclic amines) is 1.